The summed E-state index contributed by atoms with van der Waals surface area (Å²) in [6, 6.07) is 26.7. The van der Waals surface area contributed by atoms with Gasteiger partial charge in [0.1, 0.15) is 5.75 Å². The van der Waals surface area contributed by atoms with E-state index >= 15 is 0 Å². The molecule has 1 amide bonds. The number of amides is 1. The number of hydrogen-bond donors (Lipinski definition) is 1. The maximum atomic E-state index is 12.3. The zero-order chi connectivity index (χ0) is 20.8. The number of rotatable bonds is 7. The molecule has 0 aliphatic rings. The van der Waals surface area contributed by atoms with Gasteiger partial charge in [0.15, 0.2) is 6.61 Å². The number of nitrogens with zero attached hydrogens (tertiary/aromatic N) is 2. The summed E-state index contributed by atoms with van der Waals surface area (Å²) in [6.07, 6.45) is 1.94. The fourth-order valence-corrected chi connectivity index (χ4v) is 3.14. The molecule has 0 radical (unpaired) electrons. The Labute approximate surface area is 179 Å². The first-order chi connectivity index (χ1) is 14.7. The van der Waals surface area contributed by atoms with E-state index in [1.54, 1.807) is 24.3 Å². The van der Waals surface area contributed by atoms with Crippen LogP contribution in [0.3, 0.4) is 0 Å². The molecule has 0 atom stereocenters. The zero-order valence-electron chi connectivity index (χ0n) is 16.2. The first-order valence-electron chi connectivity index (χ1n) is 9.53. The molecule has 3 aromatic carbocycles. The van der Waals surface area contributed by atoms with Crippen molar-refractivity contribution in [2.24, 2.45) is 0 Å². The predicted octanol–water partition coefficient (Wildman–Crippen LogP) is 4.89. The van der Waals surface area contributed by atoms with Crippen molar-refractivity contribution in [3.8, 4) is 22.7 Å². The molecule has 1 aromatic heterocycles. The van der Waals surface area contributed by atoms with Gasteiger partial charge in [0, 0.05) is 28.9 Å². The lowest BCUT2D eigenvalue weighted by molar-refractivity contribution is -0.123. The van der Waals surface area contributed by atoms with Crippen LogP contribution in [0.1, 0.15) is 5.56 Å². The third-order valence-corrected chi connectivity index (χ3v) is 4.77. The normalized spacial score (nSPS) is 10.6. The fourth-order valence-electron chi connectivity index (χ4n) is 3.02. The minimum atomic E-state index is -0.212. The van der Waals surface area contributed by atoms with Crippen LogP contribution >= 0.6 is 11.6 Å². The van der Waals surface area contributed by atoms with E-state index in [0.29, 0.717) is 17.3 Å². The SMILES string of the molecule is O=C(COc1ccc(Cl)cc1)NCc1cn(-c2ccccc2)nc1-c1ccccc1. The molecule has 0 spiro atoms. The van der Waals surface area contributed by atoms with Crippen molar-refractivity contribution in [2.45, 2.75) is 6.54 Å². The Balaban J connectivity index is 1.47. The predicted molar refractivity (Wildman–Crippen MR) is 118 cm³/mol. The Bertz CT molecular complexity index is 1110. The lowest BCUT2D eigenvalue weighted by Crippen LogP contribution is -2.28. The topological polar surface area (TPSA) is 56.1 Å². The van der Waals surface area contributed by atoms with Crippen molar-refractivity contribution in [3.05, 3.63) is 102 Å². The van der Waals surface area contributed by atoms with Crippen LogP contribution in [-0.2, 0) is 11.3 Å². The quantitative estimate of drug-likeness (QED) is 0.466. The molecule has 0 aliphatic carbocycles. The summed E-state index contributed by atoms with van der Waals surface area (Å²) >= 11 is 5.86. The number of carbonyl (C=O) groups excluding carboxylic acids is 1. The number of halogens is 1. The van der Waals surface area contributed by atoms with Crippen LogP contribution in [0.4, 0.5) is 0 Å². The first-order valence-corrected chi connectivity index (χ1v) is 9.91. The molecule has 150 valence electrons. The van der Waals surface area contributed by atoms with E-state index < -0.39 is 0 Å². The van der Waals surface area contributed by atoms with E-state index in [1.807, 2.05) is 71.5 Å². The second kappa shape index (κ2) is 9.29. The Kier molecular flexibility index (Phi) is 6.11. The van der Waals surface area contributed by atoms with Crippen molar-refractivity contribution in [1.82, 2.24) is 15.1 Å². The molecule has 0 unspecified atom stereocenters. The largest absolute Gasteiger partial charge is 0.484 e. The summed E-state index contributed by atoms with van der Waals surface area (Å²) in [6.45, 7) is 0.273. The van der Waals surface area contributed by atoms with Crippen molar-refractivity contribution >= 4 is 17.5 Å². The van der Waals surface area contributed by atoms with Crippen molar-refractivity contribution in [1.29, 1.82) is 0 Å². The molecule has 5 nitrogen and oxygen atoms in total. The van der Waals surface area contributed by atoms with Gasteiger partial charge in [0.2, 0.25) is 0 Å². The molecule has 0 fully saturated rings. The summed E-state index contributed by atoms with van der Waals surface area (Å²) < 4.78 is 7.34. The molecule has 4 aromatic rings. The van der Waals surface area contributed by atoms with E-state index in [0.717, 1.165) is 22.5 Å². The lowest BCUT2D eigenvalue weighted by Gasteiger charge is -2.08. The van der Waals surface area contributed by atoms with E-state index in [1.165, 1.54) is 0 Å². The smallest absolute Gasteiger partial charge is 0.258 e. The van der Waals surface area contributed by atoms with Crippen LogP contribution in [-0.4, -0.2) is 22.3 Å². The standard InChI is InChI=1S/C24H20ClN3O2/c25-20-11-13-22(14-12-20)30-17-23(29)26-15-19-16-28(21-9-5-2-6-10-21)27-24(19)18-7-3-1-4-8-18/h1-14,16H,15,17H2,(H,26,29). The Morgan fingerprint density at radius 3 is 2.30 bits per heavy atom. The monoisotopic (exact) mass is 417 g/mol. The average molecular weight is 418 g/mol. The van der Waals surface area contributed by atoms with E-state index in [2.05, 4.69) is 5.32 Å². The van der Waals surface area contributed by atoms with Gasteiger partial charge in [-0.1, -0.05) is 60.1 Å². The van der Waals surface area contributed by atoms with Gasteiger partial charge in [-0.3, -0.25) is 4.79 Å². The summed E-state index contributed by atoms with van der Waals surface area (Å²) in [5.74, 6) is 0.382. The number of ether oxygens (including phenoxy) is 1. The zero-order valence-corrected chi connectivity index (χ0v) is 16.9. The van der Waals surface area contributed by atoms with E-state index in [4.69, 9.17) is 21.4 Å². The molecule has 0 saturated carbocycles. The Morgan fingerprint density at radius 1 is 0.933 bits per heavy atom. The maximum absolute atomic E-state index is 12.3. The van der Waals surface area contributed by atoms with Gasteiger partial charge < -0.3 is 10.1 Å². The molecule has 0 saturated heterocycles. The highest BCUT2D eigenvalue weighted by atomic mass is 35.5. The molecule has 1 heterocycles. The third kappa shape index (κ3) is 4.88. The number of para-hydroxylation sites is 1. The van der Waals surface area contributed by atoms with Gasteiger partial charge in [-0.25, -0.2) is 4.68 Å². The highest BCUT2D eigenvalue weighted by Gasteiger charge is 2.13. The van der Waals surface area contributed by atoms with E-state index in [9.17, 15) is 4.79 Å². The lowest BCUT2D eigenvalue weighted by atomic mass is 10.1. The van der Waals surface area contributed by atoms with Gasteiger partial charge in [-0.15, -0.1) is 0 Å². The molecule has 1 N–H and O–H groups in total. The highest BCUT2D eigenvalue weighted by Crippen LogP contribution is 2.23. The number of nitrogens with one attached hydrogen (secondary N) is 1. The van der Waals surface area contributed by atoms with Crippen LogP contribution < -0.4 is 10.1 Å². The number of aromatic nitrogens is 2. The van der Waals surface area contributed by atoms with E-state index in [-0.39, 0.29) is 12.5 Å². The van der Waals surface area contributed by atoms with Gasteiger partial charge in [-0.2, -0.15) is 5.10 Å². The van der Waals surface area contributed by atoms with Crippen LogP contribution in [0.15, 0.2) is 91.1 Å². The molecular weight excluding hydrogens is 398 g/mol. The van der Waals surface area contributed by atoms with Crippen LogP contribution in [0, 0.1) is 0 Å². The number of benzene rings is 3. The summed E-state index contributed by atoms with van der Waals surface area (Å²) in [7, 11) is 0. The second-order valence-electron chi connectivity index (χ2n) is 6.67. The molecule has 0 aliphatic heterocycles. The number of carbonyl (C=O) groups is 1. The maximum Gasteiger partial charge on any atom is 0.258 e. The number of hydrogen-bond acceptors (Lipinski definition) is 3. The minimum Gasteiger partial charge on any atom is -0.484 e. The van der Waals surface area contributed by atoms with Crippen LogP contribution in [0.2, 0.25) is 5.02 Å². The highest BCUT2D eigenvalue weighted by molar-refractivity contribution is 6.30. The summed E-state index contributed by atoms with van der Waals surface area (Å²) in [5.41, 5.74) is 3.70. The molecule has 0 bridgehead atoms. The van der Waals surface area contributed by atoms with Gasteiger partial charge in [0.25, 0.3) is 5.91 Å². The molecular formula is C24H20ClN3O2. The Morgan fingerprint density at radius 2 is 1.60 bits per heavy atom. The molecule has 30 heavy (non-hydrogen) atoms. The third-order valence-electron chi connectivity index (χ3n) is 4.52. The van der Waals surface area contributed by atoms with Crippen LogP contribution in [0.5, 0.6) is 5.75 Å². The van der Waals surface area contributed by atoms with Crippen molar-refractivity contribution in [3.63, 3.8) is 0 Å². The molecule has 4 rings (SSSR count). The van der Waals surface area contributed by atoms with Crippen molar-refractivity contribution < 1.29 is 9.53 Å². The molecule has 6 heteroatoms. The van der Waals surface area contributed by atoms with Crippen molar-refractivity contribution in [2.75, 3.05) is 6.61 Å². The fraction of sp³-hybridized carbons (Fsp3) is 0.0833. The first kappa shape index (κ1) is 19.7. The average Bonchev–Trinajstić information content (AvgIpc) is 3.23. The second-order valence-corrected chi connectivity index (χ2v) is 7.10. The summed E-state index contributed by atoms with van der Waals surface area (Å²) in [5, 5.41) is 8.29. The van der Waals surface area contributed by atoms with Gasteiger partial charge >= 0.3 is 0 Å². The minimum absolute atomic E-state index is 0.0743. The summed E-state index contributed by atoms with van der Waals surface area (Å²) in [4.78, 5) is 12.3. The Hall–Kier alpha value is -3.57. The van der Waals surface area contributed by atoms with Gasteiger partial charge in [0.05, 0.1) is 11.4 Å². The van der Waals surface area contributed by atoms with Gasteiger partial charge in [-0.05, 0) is 36.4 Å². The van der Waals surface area contributed by atoms with Crippen LogP contribution in [0.25, 0.3) is 16.9 Å².